The molecule has 0 radical (unpaired) electrons. The Hall–Kier alpha value is -1.82. The van der Waals surface area contributed by atoms with Gasteiger partial charge in [0.15, 0.2) is 0 Å². The predicted octanol–water partition coefficient (Wildman–Crippen LogP) is 6.10. The van der Waals surface area contributed by atoms with E-state index in [1.54, 1.807) is 0 Å². The minimum atomic E-state index is 0. The van der Waals surface area contributed by atoms with Crippen LogP contribution >= 0.6 is 0 Å². The molecule has 0 aliphatic carbocycles. The second-order valence-corrected chi connectivity index (χ2v) is 4.69. The van der Waals surface area contributed by atoms with Gasteiger partial charge < -0.3 is 0 Å². The molecule has 0 spiro atoms. The summed E-state index contributed by atoms with van der Waals surface area (Å²) in [4.78, 5) is 0. The summed E-state index contributed by atoms with van der Waals surface area (Å²) in [6, 6.07) is 36.6. The molecule has 4 rings (SSSR count). The number of hydrogen-bond acceptors (Lipinski definition) is 0. The molecule has 0 fully saturated rings. The molecule has 2 heteroatoms. The second kappa shape index (κ2) is 14.8. The molecule has 0 aliphatic heterocycles. The molecule has 0 N–H and O–H groups in total. The van der Waals surface area contributed by atoms with Gasteiger partial charge in [0.1, 0.15) is 0 Å². The van der Waals surface area contributed by atoms with Crippen LogP contribution in [0.5, 0.6) is 0 Å². The summed E-state index contributed by atoms with van der Waals surface area (Å²) in [7, 11) is 0. The first kappa shape index (κ1) is 22.2. The van der Waals surface area contributed by atoms with Crippen molar-refractivity contribution in [2.45, 2.75) is 0 Å². The van der Waals surface area contributed by atoms with Crippen LogP contribution in [0.1, 0.15) is 11.1 Å². The van der Waals surface area contributed by atoms with E-state index in [1.807, 2.05) is 84.9 Å². The molecule has 4 aromatic carbocycles. The molecule has 124 valence electrons. The Morgan fingerprint density at radius 3 is 1.58 bits per heavy atom. The standard InChI is InChI=1S/C12H10.2C5H5.2Fe/c1-2-6-11(5-1)9-10-12-7-3-4-8-12;2*1-2-4-5-3-1;;/h1-10H;2*1-5H;;/q-2;2*-1;2*+2. The molecular formula is C22H20Fe2. The van der Waals surface area contributed by atoms with Crippen molar-refractivity contribution in [3.63, 3.8) is 0 Å². The van der Waals surface area contributed by atoms with Crippen LogP contribution in [0, 0.1) is 0 Å². The van der Waals surface area contributed by atoms with Crippen LogP contribution < -0.4 is 0 Å². The average molecular weight is 396 g/mol. The summed E-state index contributed by atoms with van der Waals surface area (Å²) in [5.74, 6) is 0. The summed E-state index contributed by atoms with van der Waals surface area (Å²) in [5, 5.41) is 0. The van der Waals surface area contributed by atoms with Crippen LogP contribution in [0.3, 0.4) is 0 Å². The molecule has 0 aliphatic rings. The van der Waals surface area contributed by atoms with Crippen molar-refractivity contribution in [1.82, 2.24) is 0 Å². The topological polar surface area (TPSA) is 0 Å². The smallest absolute Gasteiger partial charge is 0.214 e. The van der Waals surface area contributed by atoms with Gasteiger partial charge in [-0.15, -0.1) is 35.9 Å². The van der Waals surface area contributed by atoms with Crippen LogP contribution in [0.15, 0.2) is 109 Å². The SMILES string of the molecule is C(=C[c-]1cccc1)c1ccc[cH-]1.[Fe+2].[Fe+2].c1cc[cH-]c1.c1cc[cH-]c1. The first-order chi connectivity index (χ1) is 10.9. The molecule has 0 atom stereocenters. The summed E-state index contributed by atoms with van der Waals surface area (Å²) in [5.41, 5.74) is 2.52. The van der Waals surface area contributed by atoms with E-state index in [0.717, 1.165) is 0 Å². The Morgan fingerprint density at radius 1 is 0.667 bits per heavy atom. The maximum absolute atomic E-state index is 2.12. The fourth-order valence-electron chi connectivity index (χ4n) is 1.83. The van der Waals surface area contributed by atoms with Crippen LogP contribution in [-0.4, -0.2) is 0 Å². The maximum atomic E-state index is 2.12. The summed E-state index contributed by atoms with van der Waals surface area (Å²) in [6.45, 7) is 0. The molecule has 0 unspecified atom stereocenters. The Kier molecular flexibility index (Phi) is 13.6. The van der Waals surface area contributed by atoms with Crippen molar-refractivity contribution >= 4 is 12.2 Å². The molecule has 0 heterocycles. The molecule has 4 aromatic rings. The zero-order chi connectivity index (χ0) is 15.3. The van der Waals surface area contributed by atoms with Crippen molar-refractivity contribution in [1.29, 1.82) is 0 Å². The fourth-order valence-corrected chi connectivity index (χ4v) is 1.83. The first-order valence-electron chi connectivity index (χ1n) is 7.40. The molecule has 0 bridgehead atoms. The van der Waals surface area contributed by atoms with Crippen molar-refractivity contribution < 1.29 is 34.1 Å². The van der Waals surface area contributed by atoms with Crippen LogP contribution in [-0.2, 0) is 34.1 Å². The van der Waals surface area contributed by atoms with E-state index in [4.69, 9.17) is 0 Å². The Morgan fingerprint density at radius 2 is 1.21 bits per heavy atom. The Labute approximate surface area is 166 Å². The minimum absolute atomic E-state index is 0. The van der Waals surface area contributed by atoms with Crippen molar-refractivity contribution in [2.75, 3.05) is 0 Å². The van der Waals surface area contributed by atoms with Gasteiger partial charge in [-0.3, -0.25) is 0 Å². The minimum Gasteiger partial charge on any atom is -0.214 e. The molecule has 24 heavy (non-hydrogen) atoms. The summed E-state index contributed by atoms with van der Waals surface area (Å²) < 4.78 is 0. The quantitative estimate of drug-likeness (QED) is 0.284. The zero-order valence-electron chi connectivity index (χ0n) is 13.3. The summed E-state index contributed by atoms with van der Waals surface area (Å²) in [6.07, 6.45) is 4.24. The third-order valence-corrected chi connectivity index (χ3v) is 2.96. The molecule has 0 amide bonds. The molecule has 0 saturated heterocycles. The second-order valence-electron chi connectivity index (χ2n) is 4.69. The van der Waals surface area contributed by atoms with Gasteiger partial charge in [-0.05, 0) is 0 Å². The van der Waals surface area contributed by atoms with Gasteiger partial charge >= 0.3 is 34.1 Å². The van der Waals surface area contributed by atoms with E-state index < -0.39 is 0 Å². The van der Waals surface area contributed by atoms with Crippen molar-refractivity contribution in [3.8, 4) is 0 Å². The summed E-state index contributed by atoms with van der Waals surface area (Å²) >= 11 is 0. The predicted molar refractivity (Wildman–Crippen MR) is 97.1 cm³/mol. The van der Waals surface area contributed by atoms with Crippen molar-refractivity contribution in [3.05, 3.63) is 120 Å². The fraction of sp³-hybridized carbons (Fsp3) is 0. The monoisotopic (exact) mass is 396 g/mol. The van der Waals surface area contributed by atoms with Gasteiger partial charge in [-0.1, -0.05) is 0 Å². The van der Waals surface area contributed by atoms with Gasteiger partial charge in [0.05, 0.1) is 0 Å². The largest absolute Gasteiger partial charge is 2.00 e. The van der Waals surface area contributed by atoms with Gasteiger partial charge in [0.25, 0.3) is 0 Å². The van der Waals surface area contributed by atoms with Crippen LogP contribution in [0.2, 0.25) is 0 Å². The average Bonchev–Trinajstić information content (AvgIpc) is 3.41. The van der Waals surface area contributed by atoms with Gasteiger partial charge in [-0.2, -0.15) is 72.3 Å². The van der Waals surface area contributed by atoms with Crippen LogP contribution in [0.4, 0.5) is 0 Å². The third-order valence-electron chi connectivity index (χ3n) is 2.96. The molecule has 0 saturated carbocycles. The van der Waals surface area contributed by atoms with E-state index in [9.17, 15) is 0 Å². The van der Waals surface area contributed by atoms with E-state index in [1.165, 1.54) is 11.1 Å². The Bertz CT molecular complexity index is 571. The van der Waals surface area contributed by atoms with E-state index in [0.29, 0.717) is 0 Å². The van der Waals surface area contributed by atoms with Gasteiger partial charge in [-0.25, -0.2) is 24.3 Å². The normalized spacial score (nSPS) is 8.83. The van der Waals surface area contributed by atoms with Crippen LogP contribution in [0.25, 0.3) is 12.2 Å². The van der Waals surface area contributed by atoms with E-state index >= 15 is 0 Å². The number of hydrogen-bond donors (Lipinski definition) is 0. The van der Waals surface area contributed by atoms with Gasteiger partial charge in [0, 0.05) is 0 Å². The Balaban J connectivity index is 0.000000370. The molecule has 0 nitrogen and oxygen atoms in total. The molecule has 0 aromatic heterocycles. The zero-order valence-corrected chi connectivity index (χ0v) is 15.5. The van der Waals surface area contributed by atoms with Crippen molar-refractivity contribution in [2.24, 2.45) is 0 Å². The van der Waals surface area contributed by atoms with Gasteiger partial charge in [0.2, 0.25) is 0 Å². The number of rotatable bonds is 2. The van der Waals surface area contributed by atoms with E-state index in [2.05, 4.69) is 36.4 Å². The maximum Gasteiger partial charge on any atom is 2.00 e. The first-order valence-corrected chi connectivity index (χ1v) is 7.40. The third kappa shape index (κ3) is 10.0. The van der Waals surface area contributed by atoms with E-state index in [-0.39, 0.29) is 34.1 Å². The molecular weight excluding hydrogens is 376 g/mol.